The van der Waals surface area contributed by atoms with Gasteiger partial charge >= 0.3 is 0 Å². The predicted molar refractivity (Wildman–Crippen MR) is 61.7 cm³/mol. The van der Waals surface area contributed by atoms with Gasteiger partial charge in [0.25, 0.3) is 0 Å². The van der Waals surface area contributed by atoms with Crippen molar-refractivity contribution in [3.05, 3.63) is 0 Å². The standard InChI is InChI=1S/C12H22N2O2/c13-11(15)12(14)6-5-10(7-12)16-8-9-3-1-2-4-9/h9-10H,1-8,14H2,(H2,13,15). The molecule has 2 unspecified atom stereocenters. The Hall–Kier alpha value is -0.610. The van der Waals surface area contributed by atoms with E-state index in [4.69, 9.17) is 16.2 Å². The molecular weight excluding hydrogens is 204 g/mol. The quantitative estimate of drug-likeness (QED) is 0.748. The summed E-state index contributed by atoms with van der Waals surface area (Å²) >= 11 is 0. The van der Waals surface area contributed by atoms with Gasteiger partial charge in [0.1, 0.15) is 0 Å². The third-order valence-electron chi connectivity index (χ3n) is 4.04. The molecule has 4 heteroatoms. The minimum Gasteiger partial charge on any atom is -0.378 e. The molecule has 0 aromatic heterocycles. The van der Waals surface area contributed by atoms with E-state index >= 15 is 0 Å². The SMILES string of the molecule is NC(=O)C1(N)CCC(OCC2CCCC2)C1. The molecule has 0 radical (unpaired) electrons. The second-order valence-electron chi connectivity index (χ2n) is 5.37. The van der Waals surface area contributed by atoms with Crippen LogP contribution in [0.1, 0.15) is 44.9 Å². The Kier molecular flexibility index (Phi) is 3.50. The van der Waals surface area contributed by atoms with Gasteiger partial charge in [0.15, 0.2) is 0 Å². The van der Waals surface area contributed by atoms with E-state index in [1.807, 2.05) is 0 Å². The minimum absolute atomic E-state index is 0.137. The van der Waals surface area contributed by atoms with Crippen LogP contribution in [0.3, 0.4) is 0 Å². The van der Waals surface area contributed by atoms with Crippen molar-refractivity contribution in [2.24, 2.45) is 17.4 Å². The largest absolute Gasteiger partial charge is 0.378 e. The van der Waals surface area contributed by atoms with Crippen molar-refractivity contribution in [2.45, 2.75) is 56.6 Å². The van der Waals surface area contributed by atoms with Crippen LogP contribution in [0, 0.1) is 5.92 Å². The molecule has 0 aliphatic heterocycles. The maximum atomic E-state index is 11.2. The first-order chi connectivity index (χ1) is 7.60. The second kappa shape index (κ2) is 4.72. The molecule has 4 nitrogen and oxygen atoms in total. The summed E-state index contributed by atoms with van der Waals surface area (Å²) in [5.74, 6) is 0.334. The fraction of sp³-hybridized carbons (Fsp3) is 0.917. The van der Waals surface area contributed by atoms with Crippen molar-refractivity contribution in [1.29, 1.82) is 0 Å². The lowest BCUT2D eigenvalue weighted by Gasteiger charge is -2.20. The monoisotopic (exact) mass is 226 g/mol. The number of nitrogens with two attached hydrogens (primary N) is 2. The summed E-state index contributed by atoms with van der Waals surface area (Å²) in [4.78, 5) is 11.2. The summed E-state index contributed by atoms with van der Waals surface area (Å²) < 4.78 is 5.84. The Labute approximate surface area is 96.7 Å². The van der Waals surface area contributed by atoms with Gasteiger partial charge in [0, 0.05) is 13.0 Å². The van der Waals surface area contributed by atoms with E-state index in [0.29, 0.717) is 12.8 Å². The first-order valence-corrected chi connectivity index (χ1v) is 6.30. The number of hydrogen-bond acceptors (Lipinski definition) is 3. The first kappa shape index (κ1) is 11.9. The van der Waals surface area contributed by atoms with Gasteiger partial charge in [0.2, 0.25) is 5.91 Å². The van der Waals surface area contributed by atoms with Gasteiger partial charge in [-0.3, -0.25) is 4.79 Å². The summed E-state index contributed by atoms with van der Waals surface area (Å²) in [5, 5.41) is 0. The van der Waals surface area contributed by atoms with Crippen LogP contribution in [0.5, 0.6) is 0 Å². The van der Waals surface area contributed by atoms with Crippen molar-refractivity contribution in [1.82, 2.24) is 0 Å². The van der Waals surface area contributed by atoms with E-state index in [9.17, 15) is 4.79 Å². The molecule has 4 N–H and O–H groups in total. The van der Waals surface area contributed by atoms with Crippen molar-refractivity contribution in [2.75, 3.05) is 6.61 Å². The Morgan fingerprint density at radius 2 is 2.00 bits per heavy atom. The van der Waals surface area contributed by atoms with E-state index in [1.165, 1.54) is 25.7 Å². The van der Waals surface area contributed by atoms with Gasteiger partial charge < -0.3 is 16.2 Å². The highest BCUT2D eigenvalue weighted by Gasteiger charge is 2.41. The maximum absolute atomic E-state index is 11.2. The lowest BCUT2D eigenvalue weighted by molar-refractivity contribution is -0.123. The summed E-state index contributed by atoms with van der Waals surface area (Å²) in [6, 6.07) is 0. The Balaban J connectivity index is 1.74. The van der Waals surface area contributed by atoms with Crippen LogP contribution in [-0.2, 0) is 9.53 Å². The van der Waals surface area contributed by atoms with Gasteiger partial charge in [-0.1, -0.05) is 12.8 Å². The highest BCUT2D eigenvalue weighted by atomic mass is 16.5. The van der Waals surface area contributed by atoms with E-state index in [1.54, 1.807) is 0 Å². The number of primary amides is 1. The number of ether oxygens (including phenoxy) is 1. The van der Waals surface area contributed by atoms with E-state index in [0.717, 1.165) is 18.9 Å². The fourth-order valence-electron chi connectivity index (χ4n) is 2.84. The van der Waals surface area contributed by atoms with Gasteiger partial charge in [-0.25, -0.2) is 0 Å². The zero-order chi connectivity index (χ0) is 11.6. The number of rotatable bonds is 4. The zero-order valence-corrected chi connectivity index (χ0v) is 9.78. The van der Waals surface area contributed by atoms with Crippen molar-refractivity contribution in [3.8, 4) is 0 Å². The average molecular weight is 226 g/mol. The fourth-order valence-corrected chi connectivity index (χ4v) is 2.84. The van der Waals surface area contributed by atoms with Gasteiger partial charge in [0.05, 0.1) is 11.6 Å². The van der Waals surface area contributed by atoms with Crippen molar-refractivity contribution >= 4 is 5.91 Å². The number of amides is 1. The van der Waals surface area contributed by atoms with Gasteiger partial charge in [-0.15, -0.1) is 0 Å². The molecule has 2 aliphatic carbocycles. The Morgan fingerprint density at radius 3 is 2.56 bits per heavy atom. The molecule has 2 atom stereocenters. The van der Waals surface area contributed by atoms with Crippen molar-refractivity contribution in [3.63, 3.8) is 0 Å². The molecule has 0 aromatic carbocycles. The molecule has 2 fully saturated rings. The third kappa shape index (κ3) is 2.55. The number of hydrogen-bond donors (Lipinski definition) is 2. The molecule has 2 rings (SSSR count). The number of carbonyl (C=O) groups is 1. The summed E-state index contributed by atoms with van der Waals surface area (Å²) in [6.45, 7) is 0.833. The summed E-state index contributed by atoms with van der Waals surface area (Å²) in [5.41, 5.74) is 10.4. The van der Waals surface area contributed by atoms with E-state index in [2.05, 4.69) is 0 Å². The average Bonchev–Trinajstić information content (AvgIpc) is 2.85. The highest BCUT2D eigenvalue weighted by Crippen LogP contribution is 2.31. The molecule has 1 amide bonds. The topological polar surface area (TPSA) is 78.3 Å². The molecule has 0 heterocycles. The molecule has 0 spiro atoms. The van der Waals surface area contributed by atoms with Crippen LogP contribution in [0.4, 0.5) is 0 Å². The Morgan fingerprint density at radius 1 is 1.31 bits per heavy atom. The minimum atomic E-state index is -0.819. The van der Waals surface area contributed by atoms with E-state index in [-0.39, 0.29) is 12.0 Å². The molecule has 2 saturated carbocycles. The van der Waals surface area contributed by atoms with Crippen LogP contribution in [0.25, 0.3) is 0 Å². The molecule has 0 aromatic rings. The predicted octanol–water partition coefficient (Wildman–Crippen LogP) is 0.928. The lowest BCUT2D eigenvalue weighted by Crippen LogP contribution is -2.50. The molecule has 92 valence electrons. The molecule has 0 bridgehead atoms. The summed E-state index contributed by atoms with van der Waals surface area (Å²) in [6.07, 6.45) is 7.51. The van der Waals surface area contributed by atoms with Crippen LogP contribution in [0.15, 0.2) is 0 Å². The number of carbonyl (C=O) groups excluding carboxylic acids is 1. The normalized spacial score (nSPS) is 35.7. The maximum Gasteiger partial charge on any atom is 0.237 e. The third-order valence-corrected chi connectivity index (χ3v) is 4.04. The highest BCUT2D eigenvalue weighted by molar-refractivity contribution is 5.84. The van der Waals surface area contributed by atoms with Crippen LogP contribution < -0.4 is 11.5 Å². The molecule has 2 aliphatic rings. The van der Waals surface area contributed by atoms with E-state index < -0.39 is 5.54 Å². The lowest BCUT2D eigenvalue weighted by atomic mass is 9.98. The van der Waals surface area contributed by atoms with Crippen LogP contribution >= 0.6 is 0 Å². The molecular formula is C12H22N2O2. The van der Waals surface area contributed by atoms with Crippen LogP contribution in [-0.4, -0.2) is 24.2 Å². The second-order valence-corrected chi connectivity index (χ2v) is 5.37. The van der Waals surface area contributed by atoms with Gasteiger partial charge in [-0.05, 0) is 31.6 Å². The smallest absolute Gasteiger partial charge is 0.237 e. The summed E-state index contributed by atoms with van der Waals surface area (Å²) in [7, 11) is 0. The molecule has 16 heavy (non-hydrogen) atoms. The molecule has 0 saturated heterocycles. The Bertz CT molecular complexity index is 264. The first-order valence-electron chi connectivity index (χ1n) is 6.30. The van der Waals surface area contributed by atoms with Crippen LogP contribution in [0.2, 0.25) is 0 Å². The van der Waals surface area contributed by atoms with Crippen molar-refractivity contribution < 1.29 is 9.53 Å². The zero-order valence-electron chi connectivity index (χ0n) is 9.78. The van der Waals surface area contributed by atoms with Gasteiger partial charge in [-0.2, -0.15) is 0 Å².